The van der Waals surface area contributed by atoms with Gasteiger partial charge in [0.2, 0.25) is 0 Å². The number of nitro groups is 1. The fourth-order valence-corrected chi connectivity index (χ4v) is 1.37. The van der Waals surface area contributed by atoms with E-state index in [1.807, 2.05) is 0 Å². The fraction of sp³-hybridized carbons (Fsp3) is 0.500. The zero-order valence-corrected chi connectivity index (χ0v) is 9.84. The topological polar surface area (TPSA) is 128 Å². The summed E-state index contributed by atoms with van der Waals surface area (Å²) in [6, 6.07) is 2.43. The van der Waals surface area contributed by atoms with E-state index in [-0.39, 0.29) is 11.5 Å². The molecule has 8 nitrogen and oxygen atoms in total. The zero-order chi connectivity index (χ0) is 13.8. The van der Waals surface area contributed by atoms with E-state index < -0.39 is 29.6 Å². The number of aliphatic hydroxyl groups is 2. The molecule has 0 bridgehead atoms. The molecular formula is C10H15N3O5. The third-order valence-corrected chi connectivity index (χ3v) is 2.77. The summed E-state index contributed by atoms with van der Waals surface area (Å²) < 4.78 is 0. The minimum absolute atomic E-state index is 0.00132. The summed E-state index contributed by atoms with van der Waals surface area (Å²) in [5.74, 6) is -0.914. The number of aliphatic hydroxyl groups excluding tert-OH is 2. The summed E-state index contributed by atoms with van der Waals surface area (Å²) in [4.78, 5) is 23.9. The van der Waals surface area contributed by atoms with Gasteiger partial charge in [-0.2, -0.15) is 0 Å². The number of aromatic amines is 1. The van der Waals surface area contributed by atoms with Crippen molar-refractivity contribution in [2.24, 2.45) is 0 Å². The molecule has 0 unspecified atom stereocenters. The number of rotatable bonds is 6. The van der Waals surface area contributed by atoms with E-state index in [9.17, 15) is 25.1 Å². The van der Waals surface area contributed by atoms with Crippen molar-refractivity contribution in [3.05, 3.63) is 27.9 Å². The summed E-state index contributed by atoms with van der Waals surface area (Å²) in [7, 11) is 0. The Labute approximate surface area is 103 Å². The molecule has 0 fully saturated rings. The van der Waals surface area contributed by atoms with Crippen molar-refractivity contribution in [3.8, 4) is 0 Å². The number of hydrogen-bond donors (Lipinski definition) is 4. The van der Waals surface area contributed by atoms with Crippen molar-refractivity contribution in [1.82, 2.24) is 10.3 Å². The molecule has 4 N–H and O–H groups in total. The van der Waals surface area contributed by atoms with E-state index in [4.69, 9.17) is 0 Å². The van der Waals surface area contributed by atoms with Crippen LogP contribution in [0.2, 0.25) is 0 Å². The SMILES string of the molecule is CCC(CO)(CO)NC(=O)c1ccc([N+](=O)[O-])[nH]1. The van der Waals surface area contributed by atoms with Crippen LogP contribution in [0.5, 0.6) is 0 Å². The van der Waals surface area contributed by atoms with E-state index >= 15 is 0 Å². The molecule has 0 spiro atoms. The molecular weight excluding hydrogens is 242 g/mol. The van der Waals surface area contributed by atoms with E-state index in [0.29, 0.717) is 6.42 Å². The molecule has 1 rings (SSSR count). The van der Waals surface area contributed by atoms with Gasteiger partial charge in [-0.1, -0.05) is 6.92 Å². The number of amides is 1. The van der Waals surface area contributed by atoms with Gasteiger partial charge in [0.15, 0.2) is 5.69 Å². The average Bonchev–Trinajstić information content (AvgIpc) is 2.86. The van der Waals surface area contributed by atoms with Crippen LogP contribution < -0.4 is 5.32 Å². The Morgan fingerprint density at radius 2 is 2.11 bits per heavy atom. The Kier molecular flexibility index (Phi) is 4.40. The molecule has 1 heterocycles. The van der Waals surface area contributed by atoms with Crippen LogP contribution in [0.15, 0.2) is 12.1 Å². The molecule has 0 aliphatic rings. The fourth-order valence-electron chi connectivity index (χ4n) is 1.37. The summed E-state index contributed by atoms with van der Waals surface area (Å²) in [6.45, 7) is 0.854. The van der Waals surface area contributed by atoms with Crippen LogP contribution in [-0.4, -0.2) is 44.8 Å². The molecule has 0 atom stereocenters. The van der Waals surface area contributed by atoms with Gasteiger partial charge in [0.1, 0.15) is 0 Å². The van der Waals surface area contributed by atoms with Gasteiger partial charge in [-0.05, 0) is 17.4 Å². The standard InChI is InChI=1S/C10H15N3O5/c1-2-10(5-14,6-15)12-9(16)7-3-4-8(11-7)13(17)18/h3-4,11,14-15H,2,5-6H2,1H3,(H,12,16). The third-order valence-electron chi connectivity index (χ3n) is 2.77. The van der Waals surface area contributed by atoms with E-state index in [1.54, 1.807) is 6.92 Å². The molecule has 100 valence electrons. The Morgan fingerprint density at radius 1 is 1.50 bits per heavy atom. The Bertz CT molecular complexity index is 430. The molecule has 0 aliphatic carbocycles. The Hall–Kier alpha value is -1.93. The highest BCUT2D eigenvalue weighted by molar-refractivity contribution is 5.93. The third kappa shape index (κ3) is 2.84. The largest absolute Gasteiger partial charge is 0.394 e. The monoisotopic (exact) mass is 257 g/mol. The summed E-state index contributed by atoms with van der Waals surface area (Å²) in [5, 5.41) is 31.3. The molecule has 1 amide bonds. The first-order chi connectivity index (χ1) is 8.48. The molecule has 0 radical (unpaired) electrons. The minimum Gasteiger partial charge on any atom is -0.394 e. The van der Waals surface area contributed by atoms with Gasteiger partial charge in [-0.15, -0.1) is 0 Å². The average molecular weight is 257 g/mol. The van der Waals surface area contributed by atoms with Crippen molar-refractivity contribution in [1.29, 1.82) is 0 Å². The van der Waals surface area contributed by atoms with Gasteiger partial charge >= 0.3 is 5.82 Å². The zero-order valence-electron chi connectivity index (χ0n) is 9.84. The van der Waals surface area contributed by atoms with E-state index in [2.05, 4.69) is 10.3 Å². The number of nitrogens with one attached hydrogen (secondary N) is 2. The highest BCUT2D eigenvalue weighted by Gasteiger charge is 2.30. The molecule has 1 aromatic heterocycles. The van der Waals surface area contributed by atoms with E-state index in [0.717, 1.165) is 0 Å². The summed E-state index contributed by atoms with van der Waals surface area (Å²) >= 11 is 0. The predicted octanol–water partition coefficient (Wildman–Crippen LogP) is -0.214. The normalized spacial score (nSPS) is 11.3. The quantitative estimate of drug-likeness (QED) is 0.414. The van der Waals surface area contributed by atoms with Crippen molar-refractivity contribution >= 4 is 11.7 Å². The van der Waals surface area contributed by atoms with Gasteiger partial charge in [0, 0.05) is 6.07 Å². The number of nitrogens with zero attached hydrogens (tertiary/aromatic N) is 1. The lowest BCUT2D eigenvalue weighted by molar-refractivity contribution is -0.389. The van der Waals surface area contributed by atoms with Gasteiger partial charge in [0.05, 0.1) is 18.8 Å². The Morgan fingerprint density at radius 3 is 2.50 bits per heavy atom. The minimum atomic E-state index is -1.13. The smallest absolute Gasteiger partial charge is 0.321 e. The van der Waals surface area contributed by atoms with Crippen molar-refractivity contribution < 1.29 is 19.9 Å². The number of carbonyl (C=O) groups is 1. The summed E-state index contributed by atoms with van der Waals surface area (Å²) in [6.07, 6.45) is 0.328. The summed E-state index contributed by atoms with van der Waals surface area (Å²) in [5.41, 5.74) is -1.13. The molecule has 0 aliphatic heterocycles. The number of hydrogen-bond acceptors (Lipinski definition) is 5. The maximum absolute atomic E-state index is 11.8. The lowest BCUT2D eigenvalue weighted by atomic mass is 9.98. The van der Waals surface area contributed by atoms with Crippen molar-refractivity contribution in [2.75, 3.05) is 13.2 Å². The second-order valence-corrected chi connectivity index (χ2v) is 3.92. The van der Waals surface area contributed by atoms with Gasteiger partial charge < -0.3 is 25.6 Å². The Balaban J connectivity index is 2.84. The van der Waals surface area contributed by atoms with Crippen LogP contribution in [0.4, 0.5) is 5.82 Å². The predicted molar refractivity (Wildman–Crippen MR) is 62.1 cm³/mol. The second-order valence-electron chi connectivity index (χ2n) is 3.92. The molecule has 0 saturated heterocycles. The maximum Gasteiger partial charge on any atom is 0.321 e. The molecule has 0 aromatic carbocycles. The number of aromatic nitrogens is 1. The van der Waals surface area contributed by atoms with Crippen LogP contribution in [-0.2, 0) is 0 Å². The van der Waals surface area contributed by atoms with Gasteiger partial charge in [-0.3, -0.25) is 4.79 Å². The maximum atomic E-state index is 11.8. The van der Waals surface area contributed by atoms with Crippen LogP contribution in [0.25, 0.3) is 0 Å². The lowest BCUT2D eigenvalue weighted by Crippen LogP contribution is -2.53. The first-order valence-corrected chi connectivity index (χ1v) is 5.35. The van der Waals surface area contributed by atoms with Crippen LogP contribution in [0.1, 0.15) is 23.8 Å². The molecule has 0 saturated carbocycles. The molecule has 8 heteroatoms. The van der Waals surface area contributed by atoms with Gasteiger partial charge in [-0.25, -0.2) is 4.98 Å². The lowest BCUT2D eigenvalue weighted by Gasteiger charge is -2.28. The number of H-pyrrole nitrogens is 1. The van der Waals surface area contributed by atoms with Gasteiger partial charge in [0.25, 0.3) is 5.91 Å². The molecule has 1 aromatic rings. The first-order valence-electron chi connectivity index (χ1n) is 5.35. The molecule has 18 heavy (non-hydrogen) atoms. The highest BCUT2D eigenvalue weighted by Crippen LogP contribution is 2.13. The first kappa shape index (κ1) is 14.1. The van der Waals surface area contributed by atoms with Crippen LogP contribution in [0.3, 0.4) is 0 Å². The van der Waals surface area contributed by atoms with Crippen molar-refractivity contribution in [3.63, 3.8) is 0 Å². The van der Waals surface area contributed by atoms with Crippen molar-refractivity contribution in [2.45, 2.75) is 18.9 Å². The van der Waals surface area contributed by atoms with Crippen LogP contribution in [0, 0.1) is 10.1 Å². The number of carbonyl (C=O) groups excluding carboxylic acids is 1. The highest BCUT2D eigenvalue weighted by atomic mass is 16.6. The van der Waals surface area contributed by atoms with Crippen LogP contribution >= 0.6 is 0 Å². The van der Waals surface area contributed by atoms with E-state index in [1.165, 1.54) is 12.1 Å². The second kappa shape index (κ2) is 5.61.